The molecule has 6 heteroatoms. The van der Waals surface area contributed by atoms with Crippen molar-refractivity contribution in [2.45, 2.75) is 46.4 Å². The van der Waals surface area contributed by atoms with Crippen LogP contribution in [0.2, 0.25) is 0 Å². The van der Waals surface area contributed by atoms with Gasteiger partial charge in [-0.25, -0.2) is 0 Å². The third kappa shape index (κ3) is 10.8. The van der Waals surface area contributed by atoms with Gasteiger partial charge >= 0.3 is 0 Å². The van der Waals surface area contributed by atoms with Crippen molar-refractivity contribution >= 4 is 96.1 Å². The van der Waals surface area contributed by atoms with Crippen LogP contribution in [-0.2, 0) is 12.0 Å². The van der Waals surface area contributed by atoms with E-state index in [1.165, 1.54) is 0 Å². The molecule has 0 saturated carbocycles. The molecule has 0 amide bonds. The maximum absolute atomic E-state index is 9.01. The molecule has 16 aromatic rings. The highest BCUT2D eigenvalue weighted by molar-refractivity contribution is 7.00. The molecule has 0 aliphatic carbocycles. The lowest BCUT2D eigenvalue weighted by atomic mass is 9.33. The smallest absolute Gasteiger partial charge is 0.252 e. The van der Waals surface area contributed by atoms with Gasteiger partial charge in [0.25, 0.3) is 6.71 Å². The van der Waals surface area contributed by atoms with Gasteiger partial charge in [-0.1, -0.05) is 263 Å². The molecule has 18 rings (SSSR count). The van der Waals surface area contributed by atoms with E-state index in [2.05, 4.69) is 331 Å². The van der Waals surface area contributed by atoms with Crippen LogP contribution < -0.4 is 36.8 Å². The Bertz CT molecular complexity index is 6040. The number of nitrogens with two attached hydrogens (primary N) is 1. The monoisotopic (exact) mass is 1330 g/mol. The quantitative estimate of drug-likeness (QED) is 0.117. The molecule has 15 aromatic carbocycles. The number of benzene rings is 15. The molecule has 103 heavy (non-hydrogen) atoms. The Balaban J connectivity index is 1.01. The summed E-state index contributed by atoms with van der Waals surface area (Å²) >= 11 is 0. The molecule has 0 saturated heterocycles. The summed E-state index contributed by atoms with van der Waals surface area (Å²) in [5.74, 6) is 0. The van der Waals surface area contributed by atoms with Crippen molar-refractivity contribution in [1.82, 2.24) is 4.57 Å². The highest BCUT2D eigenvalue weighted by Gasteiger charge is 2.45. The average Bonchev–Trinajstić information content (AvgIpc) is 0.975. The second-order valence-corrected chi connectivity index (χ2v) is 28.0. The Morgan fingerprint density at radius 1 is 0.340 bits per heavy atom. The third-order valence-electron chi connectivity index (χ3n) is 20.9. The number of nitrogens with zero attached hydrogens (tertiary/aromatic N) is 4. The van der Waals surface area contributed by atoms with E-state index < -0.39 is 25.8 Å². The van der Waals surface area contributed by atoms with Crippen LogP contribution in [0.3, 0.4) is 0 Å². The van der Waals surface area contributed by atoms with Crippen molar-refractivity contribution < 1.29 is 8.22 Å². The predicted molar refractivity (Wildman–Crippen MR) is 438 cm³/mol. The number of fused-ring (bicyclic) bond motifs is 7. The van der Waals surface area contributed by atoms with Gasteiger partial charge in [-0.3, -0.25) is 0 Å². The number of hydrogen-bond acceptors (Lipinski definition) is 4. The van der Waals surface area contributed by atoms with E-state index in [0.717, 1.165) is 151 Å². The Hall–Kier alpha value is -12.5. The summed E-state index contributed by atoms with van der Waals surface area (Å²) in [5, 5.41) is 2.33. The third-order valence-corrected chi connectivity index (χ3v) is 20.9. The molecule has 0 spiro atoms. The Labute approximate surface area is 612 Å². The first-order valence-electron chi connectivity index (χ1n) is 38.4. The number of para-hydroxylation sites is 6. The van der Waals surface area contributed by atoms with Crippen LogP contribution in [0.15, 0.2) is 346 Å². The zero-order chi connectivity index (χ0) is 74.5. The number of hydrogen-bond donors (Lipinski definition) is 1. The first kappa shape index (κ1) is 56.3. The summed E-state index contributed by atoms with van der Waals surface area (Å²) in [4.78, 5) is 7.33. The highest BCUT2D eigenvalue weighted by Crippen LogP contribution is 2.53. The first-order chi connectivity index (χ1) is 53.0. The summed E-state index contributed by atoms with van der Waals surface area (Å²) in [6, 6.07) is 121. The van der Waals surface area contributed by atoms with Crippen LogP contribution in [0.5, 0.6) is 0 Å². The van der Waals surface area contributed by atoms with Gasteiger partial charge in [0, 0.05) is 82.0 Å². The number of anilines is 9. The summed E-state index contributed by atoms with van der Waals surface area (Å²) in [6.45, 7) is 1.85. The standard InChI is InChI=1S/C97H76BN5/c1-64-30-18-20-40-77(64)72-56-70(57-73(58-72)78-41-21-19-31-65(78)2)71-60-92-96-93(61-71)103(86-47-27-23-43-80(86)67-34-12-7-13-35-67)91-62-76(100(74-36-14-8-15-37-74)75-38-16-9-17-39-75)52-54-84(91)98(96)83-53-50-68(59-90(83)102(92)85-46-26-22-42-79(85)66-32-10-6-11-33-66)94-89(55-51-69(63-99)95(94)97(3,4)5)101-87-48-28-24-44-81(87)82-45-25-29-49-88(82)101/h6-62H,63,99H2,1-5H3/i1D3,2D3. The Morgan fingerprint density at radius 2 is 0.767 bits per heavy atom. The van der Waals surface area contributed by atoms with E-state index in [-0.39, 0.29) is 11.1 Å². The number of aryl methyl sites for hydroxylation is 2. The summed E-state index contributed by atoms with van der Waals surface area (Å²) in [6.07, 6.45) is 0. The van der Waals surface area contributed by atoms with Crippen LogP contribution in [0.4, 0.5) is 51.2 Å². The molecule has 0 fully saturated rings. The van der Waals surface area contributed by atoms with Gasteiger partial charge in [0.2, 0.25) is 0 Å². The lowest BCUT2D eigenvalue weighted by Crippen LogP contribution is -2.61. The van der Waals surface area contributed by atoms with Gasteiger partial charge in [-0.05, 0) is 211 Å². The molecular weight excluding hydrogens is 1250 g/mol. The molecule has 0 bridgehead atoms. The first-order valence-corrected chi connectivity index (χ1v) is 35.4. The fourth-order valence-corrected chi connectivity index (χ4v) is 16.5. The van der Waals surface area contributed by atoms with Crippen molar-refractivity contribution in [3.8, 4) is 72.4 Å². The molecule has 2 N–H and O–H groups in total. The predicted octanol–water partition coefficient (Wildman–Crippen LogP) is 23.7. The minimum atomic E-state index is -2.49. The van der Waals surface area contributed by atoms with Crippen molar-refractivity contribution in [1.29, 1.82) is 0 Å². The van der Waals surface area contributed by atoms with Gasteiger partial charge in [-0.15, -0.1) is 0 Å². The Morgan fingerprint density at radius 3 is 1.28 bits per heavy atom. The van der Waals surface area contributed by atoms with E-state index in [4.69, 9.17) is 14.0 Å². The highest BCUT2D eigenvalue weighted by atomic mass is 15.2. The van der Waals surface area contributed by atoms with E-state index in [0.29, 0.717) is 28.8 Å². The molecule has 3 heterocycles. The lowest BCUT2D eigenvalue weighted by molar-refractivity contribution is 0.584. The van der Waals surface area contributed by atoms with Crippen molar-refractivity contribution in [3.63, 3.8) is 0 Å². The summed E-state index contributed by atoms with van der Waals surface area (Å²) in [5.41, 5.74) is 34.4. The van der Waals surface area contributed by atoms with E-state index >= 15 is 0 Å². The van der Waals surface area contributed by atoms with Gasteiger partial charge < -0.3 is 25.0 Å². The lowest BCUT2D eigenvalue weighted by Gasteiger charge is -2.45. The second kappa shape index (κ2) is 25.6. The molecule has 0 radical (unpaired) electrons. The van der Waals surface area contributed by atoms with E-state index in [1.54, 1.807) is 24.3 Å². The molecular formula is C97H76BN5. The summed E-state index contributed by atoms with van der Waals surface area (Å²) < 4.78 is 56.5. The van der Waals surface area contributed by atoms with Crippen LogP contribution in [-0.4, -0.2) is 11.3 Å². The molecule has 492 valence electrons. The van der Waals surface area contributed by atoms with Crippen LogP contribution in [0.1, 0.15) is 51.2 Å². The zero-order valence-corrected chi connectivity index (χ0v) is 57.6. The average molecular weight is 1330 g/mol. The van der Waals surface area contributed by atoms with Crippen molar-refractivity contribution in [3.05, 3.63) is 368 Å². The molecule has 0 atom stereocenters. The fourth-order valence-electron chi connectivity index (χ4n) is 16.5. The van der Waals surface area contributed by atoms with E-state index in [1.807, 2.05) is 30.3 Å². The van der Waals surface area contributed by atoms with Gasteiger partial charge in [-0.2, -0.15) is 0 Å². The number of aromatic nitrogens is 1. The van der Waals surface area contributed by atoms with Crippen molar-refractivity contribution in [2.75, 3.05) is 14.7 Å². The second-order valence-electron chi connectivity index (χ2n) is 28.0. The van der Waals surface area contributed by atoms with Crippen LogP contribution >= 0.6 is 0 Å². The van der Waals surface area contributed by atoms with Gasteiger partial charge in [0.15, 0.2) is 0 Å². The summed E-state index contributed by atoms with van der Waals surface area (Å²) in [7, 11) is 0. The Kier molecular flexibility index (Phi) is 14.0. The maximum Gasteiger partial charge on any atom is 0.252 e. The molecule has 2 aliphatic heterocycles. The van der Waals surface area contributed by atoms with Gasteiger partial charge in [0.05, 0.1) is 28.1 Å². The molecule has 1 aromatic heterocycles. The SMILES string of the molecule is [2H]C([2H])([2H])c1ccccc1-c1cc(-c2cc3c4c(c2)N(c2ccccc2-c2ccccc2)c2cc(N(c5ccccc5)c5ccccc5)ccc2B4c2ccc(-c4c(-n5c6ccccc6c6ccccc65)ccc(CN)c4C(C)(C)C)cc2N3c2ccccc2-c2ccccc2)cc(-c2ccccc2C([2H])([2H])[2H])c1. The maximum atomic E-state index is 9.01. The molecule has 0 unspecified atom stereocenters. The normalized spacial score (nSPS) is 13.5. The van der Waals surface area contributed by atoms with Gasteiger partial charge in [0.1, 0.15) is 0 Å². The minimum Gasteiger partial charge on any atom is -0.326 e. The van der Waals surface area contributed by atoms with Crippen molar-refractivity contribution in [2.24, 2.45) is 5.73 Å². The zero-order valence-electron chi connectivity index (χ0n) is 63.6. The largest absolute Gasteiger partial charge is 0.326 e. The topological polar surface area (TPSA) is 40.7 Å². The molecule has 5 nitrogen and oxygen atoms in total. The minimum absolute atomic E-state index is 0.186. The molecule has 2 aliphatic rings. The van der Waals surface area contributed by atoms with Crippen LogP contribution in [0.25, 0.3) is 94.3 Å². The number of rotatable bonds is 13. The van der Waals surface area contributed by atoms with Crippen LogP contribution in [0, 0.1) is 13.7 Å². The van der Waals surface area contributed by atoms with E-state index in [9.17, 15) is 0 Å². The fraction of sp³-hybridized carbons (Fsp3) is 0.0722.